The van der Waals surface area contributed by atoms with Crippen LogP contribution in [0, 0.1) is 0 Å². The topological polar surface area (TPSA) is 17.1 Å². The molecule has 0 heterocycles. The van der Waals surface area contributed by atoms with Crippen LogP contribution in [0.5, 0.6) is 0 Å². The van der Waals surface area contributed by atoms with Crippen molar-refractivity contribution in [1.82, 2.24) is 0 Å². The third-order valence-electron chi connectivity index (χ3n) is 1.74. The summed E-state index contributed by atoms with van der Waals surface area (Å²) in [6.07, 6.45) is -0.799. The van der Waals surface area contributed by atoms with Crippen LogP contribution in [-0.4, -0.2) is 17.7 Å². The summed E-state index contributed by atoms with van der Waals surface area (Å²) in [4.78, 5) is 12.0. The lowest BCUT2D eigenvalue weighted by Gasteiger charge is -2.02. The molecular formula is C11H13FOS. The Morgan fingerprint density at radius 1 is 1.43 bits per heavy atom. The first-order valence-electron chi connectivity index (χ1n) is 4.47. The Morgan fingerprint density at radius 2 is 2.00 bits per heavy atom. The molecule has 0 aliphatic heterocycles. The van der Waals surface area contributed by atoms with E-state index in [-0.39, 0.29) is 5.78 Å². The van der Waals surface area contributed by atoms with Crippen LogP contribution in [0.3, 0.4) is 0 Å². The van der Waals surface area contributed by atoms with Crippen molar-refractivity contribution in [2.45, 2.75) is 24.9 Å². The van der Waals surface area contributed by atoms with Gasteiger partial charge in [-0.25, -0.2) is 4.39 Å². The van der Waals surface area contributed by atoms with E-state index in [1.165, 1.54) is 25.6 Å². The number of carbonyl (C=O) groups is 1. The second-order valence-electron chi connectivity index (χ2n) is 3.17. The molecule has 1 aromatic carbocycles. The monoisotopic (exact) mass is 212 g/mol. The van der Waals surface area contributed by atoms with Gasteiger partial charge in [0.25, 0.3) is 0 Å². The zero-order chi connectivity index (χ0) is 10.6. The fraction of sp³-hybridized carbons (Fsp3) is 0.364. The van der Waals surface area contributed by atoms with Gasteiger partial charge in [0.15, 0.2) is 5.78 Å². The zero-order valence-electron chi connectivity index (χ0n) is 8.29. The molecule has 0 fully saturated rings. The predicted molar refractivity (Wildman–Crippen MR) is 57.7 cm³/mol. The van der Waals surface area contributed by atoms with E-state index in [0.29, 0.717) is 11.3 Å². The van der Waals surface area contributed by atoms with Crippen molar-refractivity contribution in [3.05, 3.63) is 29.8 Å². The van der Waals surface area contributed by atoms with Crippen LogP contribution < -0.4 is 0 Å². The van der Waals surface area contributed by atoms with Gasteiger partial charge in [-0.1, -0.05) is 12.1 Å². The average Bonchev–Trinajstić information content (AvgIpc) is 2.15. The van der Waals surface area contributed by atoms with E-state index in [0.717, 1.165) is 4.90 Å². The highest BCUT2D eigenvalue weighted by Gasteiger charge is 2.01. The van der Waals surface area contributed by atoms with Crippen molar-refractivity contribution in [2.24, 2.45) is 0 Å². The van der Waals surface area contributed by atoms with Crippen LogP contribution in [0.25, 0.3) is 0 Å². The fourth-order valence-corrected chi connectivity index (χ4v) is 1.75. The Morgan fingerprint density at radius 3 is 2.43 bits per heavy atom. The number of rotatable bonds is 4. The molecule has 3 heteroatoms. The quantitative estimate of drug-likeness (QED) is 0.562. The molecule has 76 valence electrons. The van der Waals surface area contributed by atoms with Gasteiger partial charge in [0, 0.05) is 16.2 Å². The number of halogens is 1. The molecule has 1 unspecified atom stereocenters. The fourth-order valence-electron chi connectivity index (χ4n) is 0.997. The Labute approximate surface area is 87.7 Å². The number of thioether (sulfide) groups is 1. The minimum Gasteiger partial charge on any atom is -0.295 e. The van der Waals surface area contributed by atoms with Gasteiger partial charge in [0.2, 0.25) is 0 Å². The lowest BCUT2D eigenvalue weighted by Crippen LogP contribution is -1.95. The molecule has 0 aromatic heterocycles. The van der Waals surface area contributed by atoms with Gasteiger partial charge in [-0.2, -0.15) is 0 Å². The first kappa shape index (κ1) is 11.2. The van der Waals surface area contributed by atoms with Gasteiger partial charge in [-0.15, -0.1) is 11.8 Å². The number of Topliss-reactive ketones (excluding diaryl/α,β-unsaturated/α-hetero) is 1. The highest BCUT2D eigenvalue weighted by molar-refractivity contribution is 7.99. The van der Waals surface area contributed by atoms with Crippen molar-refractivity contribution in [2.75, 3.05) is 5.75 Å². The van der Waals surface area contributed by atoms with Crippen LogP contribution >= 0.6 is 11.8 Å². The molecule has 1 atom stereocenters. The van der Waals surface area contributed by atoms with Gasteiger partial charge in [0.1, 0.15) is 6.17 Å². The van der Waals surface area contributed by atoms with Gasteiger partial charge in [-0.05, 0) is 26.0 Å². The summed E-state index contributed by atoms with van der Waals surface area (Å²) in [7, 11) is 0. The van der Waals surface area contributed by atoms with Crippen molar-refractivity contribution in [3.8, 4) is 0 Å². The SMILES string of the molecule is CC(=O)c1ccc(SCC(C)F)cc1. The summed E-state index contributed by atoms with van der Waals surface area (Å²) in [5.41, 5.74) is 0.697. The number of hydrogen-bond acceptors (Lipinski definition) is 2. The Balaban J connectivity index is 2.60. The summed E-state index contributed by atoms with van der Waals surface area (Å²) in [6, 6.07) is 7.24. The first-order chi connectivity index (χ1) is 6.59. The molecule has 0 saturated carbocycles. The first-order valence-corrected chi connectivity index (χ1v) is 5.46. The van der Waals surface area contributed by atoms with Crippen molar-refractivity contribution in [1.29, 1.82) is 0 Å². The van der Waals surface area contributed by atoms with Crippen LogP contribution in [-0.2, 0) is 0 Å². The zero-order valence-corrected chi connectivity index (χ0v) is 9.10. The Kier molecular flexibility index (Phi) is 4.14. The van der Waals surface area contributed by atoms with Crippen molar-refractivity contribution in [3.63, 3.8) is 0 Å². The summed E-state index contributed by atoms with van der Waals surface area (Å²) in [6.45, 7) is 3.07. The van der Waals surface area contributed by atoms with Gasteiger partial charge in [0.05, 0.1) is 0 Å². The van der Waals surface area contributed by atoms with E-state index in [1.54, 1.807) is 12.1 Å². The number of carbonyl (C=O) groups excluding carboxylic acids is 1. The lowest BCUT2D eigenvalue weighted by atomic mass is 10.2. The minimum atomic E-state index is -0.799. The smallest absolute Gasteiger partial charge is 0.159 e. The molecule has 0 amide bonds. The van der Waals surface area contributed by atoms with Gasteiger partial charge < -0.3 is 0 Å². The number of hydrogen-bond donors (Lipinski definition) is 0. The predicted octanol–water partition coefficient (Wildman–Crippen LogP) is 3.34. The molecule has 0 aliphatic carbocycles. The van der Waals surface area contributed by atoms with Crippen molar-refractivity contribution < 1.29 is 9.18 Å². The molecule has 0 spiro atoms. The average molecular weight is 212 g/mol. The summed E-state index contributed by atoms with van der Waals surface area (Å²) in [5, 5.41) is 0. The molecule has 14 heavy (non-hydrogen) atoms. The number of benzene rings is 1. The maximum atomic E-state index is 12.5. The summed E-state index contributed by atoms with van der Waals surface area (Å²) in [5.74, 6) is 0.514. The van der Waals surface area contributed by atoms with E-state index in [1.807, 2.05) is 12.1 Å². The maximum absolute atomic E-state index is 12.5. The van der Waals surface area contributed by atoms with Gasteiger partial charge in [-0.3, -0.25) is 4.79 Å². The molecular weight excluding hydrogens is 199 g/mol. The Hall–Kier alpha value is -0.830. The molecule has 0 aliphatic rings. The molecule has 0 N–H and O–H groups in total. The Bertz CT molecular complexity index is 306. The maximum Gasteiger partial charge on any atom is 0.159 e. The normalized spacial score (nSPS) is 12.5. The highest BCUT2D eigenvalue weighted by atomic mass is 32.2. The molecule has 1 aromatic rings. The van der Waals surface area contributed by atoms with E-state index < -0.39 is 6.17 Å². The third-order valence-corrected chi connectivity index (χ3v) is 2.97. The lowest BCUT2D eigenvalue weighted by molar-refractivity contribution is 0.101. The van der Waals surface area contributed by atoms with Gasteiger partial charge >= 0.3 is 0 Å². The largest absolute Gasteiger partial charge is 0.295 e. The summed E-state index contributed by atoms with van der Waals surface area (Å²) < 4.78 is 12.5. The molecule has 1 nitrogen and oxygen atoms in total. The van der Waals surface area contributed by atoms with E-state index in [4.69, 9.17) is 0 Å². The van der Waals surface area contributed by atoms with E-state index in [9.17, 15) is 9.18 Å². The van der Waals surface area contributed by atoms with Crippen LogP contribution in [0.1, 0.15) is 24.2 Å². The van der Waals surface area contributed by atoms with Crippen molar-refractivity contribution >= 4 is 17.5 Å². The second kappa shape index (κ2) is 5.15. The highest BCUT2D eigenvalue weighted by Crippen LogP contribution is 2.20. The molecule has 0 radical (unpaired) electrons. The number of alkyl halides is 1. The number of ketones is 1. The van der Waals surface area contributed by atoms with Crippen LogP contribution in [0.4, 0.5) is 4.39 Å². The third kappa shape index (κ3) is 3.50. The van der Waals surface area contributed by atoms with E-state index in [2.05, 4.69) is 0 Å². The van der Waals surface area contributed by atoms with Crippen LogP contribution in [0.2, 0.25) is 0 Å². The summed E-state index contributed by atoms with van der Waals surface area (Å²) >= 11 is 1.46. The molecule has 0 bridgehead atoms. The molecule has 0 saturated heterocycles. The van der Waals surface area contributed by atoms with E-state index >= 15 is 0 Å². The molecule has 1 rings (SSSR count). The van der Waals surface area contributed by atoms with Crippen LogP contribution in [0.15, 0.2) is 29.2 Å². The standard InChI is InChI=1S/C11H13FOS/c1-8(12)7-14-11-5-3-10(4-6-11)9(2)13/h3-6,8H,7H2,1-2H3. The minimum absolute atomic E-state index is 0.0559. The second-order valence-corrected chi connectivity index (χ2v) is 4.27.